The molecule has 29 heavy (non-hydrogen) atoms. The molecule has 3 heteroatoms. The van der Waals surface area contributed by atoms with Gasteiger partial charge in [-0.15, -0.1) is 0 Å². The number of hydrogen-bond acceptors (Lipinski definition) is 2. The zero-order valence-corrected chi connectivity index (χ0v) is 21.9. The fourth-order valence-electron chi connectivity index (χ4n) is 3.46. The lowest BCUT2D eigenvalue weighted by atomic mass is 10.1. The highest BCUT2D eigenvalue weighted by molar-refractivity contribution is 14.1. The van der Waals surface area contributed by atoms with Gasteiger partial charge in [-0.25, -0.2) is 0 Å². The highest BCUT2D eigenvalue weighted by atomic mass is 127. The van der Waals surface area contributed by atoms with E-state index in [0.29, 0.717) is 0 Å². The van der Waals surface area contributed by atoms with E-state index < -0.39 is 0 Å². The Kier molecular flexibility index (Phi) is 26.8. The van der Waals surface area contributed by atoms with Gasteiger partial charge in [0.05, 0.1) is 0 Å². The molecule has 174 valence electrons. The summed E-state index contributed by atoms with van der Waals surface area (Å²) < 4.78 is 13.4. The van der Waals surface area contributed by atoms with Gasteiger partial charge in [-0.3, -0.25) is 0 Å². The lowest BCUT2D eigenvalue weighted by molar-refractivity contribution is -0.148. The maximum Gasteiger partial charge on any atom is 0.157 e. The molecule has 0 heterocycles. The Labute approximate surface area is 197 Å². The van der Waals surface area contributed by atoms with E-state index in [-0.39, 0.29) is 6.29 Å². The van der Waals surface area contributed by atoms with Crippen molar-refractivity contribution in [3.05, 3.63) is 12.2 Å². The fourth-order valence-corrected chi connectivity index (χ4v) is 3.82. The second-order valence-corrected chi connectivity index (χ2v) is 9.37. The van der Waals surface area contributed by atoms with Crippen LogP contribution in [0, 0.1) is 0 Å². The quantitative estimate of drug-likeness (QED) is 0.0413. The first kappa shape index (κ1) is 29.4. The molecule has 0 N–H and O–H groups in total. The van der Waals surface area contributed by atoms with E-state index in [1.807, 2.05) is 0 Å². The fraction of sp³-hybridized carbons (Fsp3) is 0.923. The molecule has 0 amide bonds. The second-order valence-electron chi connectivity index (χ2n) is 8.29. The van der Waals surface area contributed by atoms with Crippen molar-refractivity contribution in [3.63, 3.8) is 0 Å². The molecule has 0 rings (SSSR count). The topological polar surface area (TPSA) is 18.5 Å². The third kappa shape index (κ3) is 24.5. The van der Waals surface area contributed by atoms with Gasteiger partial charge in [0, 0.05) is 17.6 Å². The Balaban J connectivity index is 3.79. The molecule has 0 aliphatic heterocycles. The molecule has 0 aromatic rings. The van der Waals surface area contributed by atoms with Gasteiger partial charge in [0.25, 0.3) is 0 Å². The third-order valence-electron chi connectivity index (χ3n) is 5.36. The molecule has 0 aromatic carbocycles. The Morgan fingerprint density at radius 3 is 1.66 bits per heavy atom. The molecule has 2 nitrogen and oxygen atoms in total. The minimum absolute atomic E-state index is 0.0311. The van der Waals surface area contributed by atoms with E-state index in [9.17, 15) is 0 Å². The standard InChI is InChI=1S/C26H51IO2/c1-3-5-7-16-20-24-28-26(29-25-21-17-8-6-4-2)22-18-14-12-10-9-11-13-15-19-23-27/h13,15,26H,3-12,14,16-25H2,1-2H3/b15-13-. The molecule has 0 unspecified atom stereocenters. The number of alkyl halides is 1. The molecule has 0 spiro atoms. The molecule has 0 aliphatic carbocycles. The summed E-state index contributed by atoms with van der Waals surface area (Å²) in [5.41, 5.74) is 0. The van der Waals surface area contributed by atoms with Gasteiger partial charge in [-0.05, 0) is 44.9 Å². The van der Waals surface area contributed by atoms with Gasteiger partial charge >= 0.3 is 0 Å². The van der Waals surface area contributed by atoms with Crippen LogP contribution in [-0.4, -0.2) is 23.9 Å². The van der Waals surface area contributed by atoms with E-state index in [1.54, 1.807) is 0 Å². The SMILES string of the molecule is CCCCCCCOC(CCCCCCC/C=C\CCI)OCCCCCCC. The summed E-state index contributed by atoms with van der Waals surface area (Å²) in [6.07, 6.45) is 27.8. The Bertz CT molecular complexity index is 304. The van der Waals surface area contributed by atoms with E-state index in [1.165, 1.54) is 114 Å². The molecule has 0 atom stereocenters. The second kappa shape index (κ2) is 26.4. The zero-order chi connectivity index (χ0) is 21.3. The largest absolute Gasteiger partial charge is 0.353 e. The van der Waals surface area contributed by atoms with Crippen LogP contribution in [0.2, 0.25) is 0 Å². The van der Waals surface area contributed by atoms with Crippen molar-refractivity contribution < 1.29 is 9.47 Å². The van der Waals surface area contributed by atoms with E-state index in [2.05, 4.69) is 48.6 Å². The van der Waals surface area contributed by atoms with Gasteiger partial charge in [-0.2, -0.15) is 0 Å². The lowest BCUT2D eigenvalue weighted by Gasteiger charge is -2.19. The Morgan fingerprint density at radius 2 is 1.07 bits per heavy atom. The number of rotatable bonds is 24. The smallest absolute Gasteiger partial charge is 0.157 e. The summed E-state index contributed by atoms with van der Waals surface area (Å²) in [4.78, 5) is 0. The van der Waals surface area contributed by atoms with Crippen LogP contribution < -0.4 is 0 Å². The van der Waals surface area contributed by atoms with Gasteiger partial charge in [0.1, 0.15) is 0 Å². The molecule has 0 saturated heterocycles. The summed E-state index contributed by atoms with van der Waals surface area (Å²) >= 11 is 2.44. The number of hydrogen-bond donors (Lipinski definition) is 0. The molecular weight excluding hydrogens is 471 g/mol. The van der Waals surface area contributed by atoms with E-state index in [4.69, 9.17) is 9.47 Å². The maximum absolute atomic E-state index is 6.10. The average Bonchev–Trinajstić information content (AvgIpc) is 2.73. The average molecular weight is 523 g/mol. The molecule has 0 radical (unpaired) electrons. The van der Waals surface area contributed by atoms with Gasteiger partial charge in [0.15, 0.2) is 6.29 Å². The summed E-state index contributed by atoms with van der Waals surface area (Å²) in [6, 6.07) is 0. The first-order valence-electron chi connectivity index (χ1n) is 12.8. The van der Waals surface area contributed by atoms with Crippen LogP contribution in [0.15, 0.2) is 12.2 Å². The first-order valence-corrected chi connectivity index (χ1v) is 14.3. The molecule has 0 bridgehead atoms. The van der Waals surface area contributed by atoms with Crippen LogP contribution in [0.25, 0.3) is 0 Å². The highest BCUT2D eigenvalue weighted by Crippen LogP contribution is 2.14. The van der Waals surface area contributed by atoms with Gasteiger partial charge in [0.2, 0.25) is 0 Å². The summed E-state index contributed by atoms with van der Waals surface area (Å²) in [7, 11) is 0. The minimum atomic E-state index is 0.0311. The van der Waals surface area contributed by atoms with Crippen LogP contribution in [0.4, 0.5) is 0 Å². The summed E-state index contributed by atoms with van der Waals surface area (Å²) in [5, 5.41) is 0. The van der Waals surface area contributed by atoms with Crippen LogP contribution in [-0.2, 0) is 9.47 Å². The van der Waals surface area contributed by atoms with Crippen molar-refractivity contribution >= 4 is 22.6 Å². The zero-order valence-electron chi connectivity index (χ0n) is 19.8. The molecule has 0 aromatic heterocycles. The summed E-state index contributed by atoms with van der Waals surface area (Å²) in [5.74, 6) is 0. The molecule has 0 aliphatic rings. The van der Waals surface area contributed by atoms with Gasteiger partial charge < -0.3 is 9.47 Å². The van der Waals surface area contributed by atoms with Crippen LogP contribution in [0.1, 0.15) is 129 Å². The van der Waals surface area contributed by atoms with Crippen molar-refractivity contribution in [1.29, 1.82) is 0 Å². The van der Waals surface area contributed by atoms with E-state index >= 15 is 0 Å². The predicted molar refractivity (Wildman–Crippen MR) is 138 cm³/mol. The van der Waals surface area contributed by atoms with Gasteiger partial charge in [-0.1, -0.05) is 119 Å². The number of halogens is 1. The Hall–Kier alpha value is 0.390. The van der Waals surface area contributed by atoms with Crippen LogP contribution in [0.3, 0.4) is 0 Å². The lowest BCUT2D eigenvalue weighted by Crippen LogP contribution is -2.19. The van der Waals surface area contributed by atoms with Crippen LogP contribution in [0.5, 0.6) is 0 Å². The minimum Gasteiger partial charge on any atom is -0.353 e. The number of allylic oxidation sites excluding steroid dienone is 2. The third-order valence-corrected chi connectivity index (χ3v) is 5.98. The predicted octanol–water partition coefficient (Wildman–Crippen LogP) is 9.40. The van der Waals surface area contributed by atoms with Crippen molar-refractivity contribution in [2.45, 2.75) is 136 Å². The number of ether oxygens (including phenoxy) is 2. The molecule has 0 fully saturated rings. The van der Waals surface area contributed by atoms with Crippen molar-refractivity contribution in [1.82, 2.24) is 0 Å². The molecular formula is C26H51IO2. The summed E-state index contributed by atoms with van der Waals surface area (Å²) in [6.45, 7) is 6.27. The Morgan fingerprint density at radius 1 is 0.586 bits per heavy atom. The normalized spacial score (nSPS) is 11.9. The van der Waals surface area contributed by atoms with E-state index in [0.717, 1.165) is 19.6 Å². The van der Waals surface area contributed by atoms with Crippen molar-refractivity contribution in [2.75, 3.05) is 17.6 Å². The maximum atomic E-state index is 6.10. The molecule has 0 saturated carbocycles. The first-order chi connectivity index (χ1) is 14.3. The van der Waals surface area contributed by atoms with Crippen molar-refractivity contribution in [2.24, 2.45) is 0 Å². The number of unbranched alkanes of at least 4 members (excludes halogenated alkanes) is 13. The highest BCUT2D eigenvalue weighted by Gasteiger charge is 2.09. The van der Waals surface area contributed by atoms with Crippen molar-refractivity contribution in [3.8, 4) is 0 Å². The monoisotopic (exact) mass is 522 g/mol. The van der Waals surface area contributed by atoms with Crippen LogP contribution >= 0.6 is 22.6 Å².